The lowest BCUT2D eigenvalue weighted by Crippen LogP contribution is -2.35. The number of rotatable bonds is 5. The third kappa shape index (κ3) is 3.31. The van der Waals surface area contributed by atoms with Crippen molar-refractivity contribution in [2.45, 2.75) is 18.9 Å². The highest BCUT2D eigenvalue weighted by molar-refractivity contribution is 5.05. The number of ether oxygens (including phenoxy) is 1. The van der Waals surface area contributed by atoms with Crippen LogP contribution in [-0.4, -0.2) is 38.3 Å². The molecule has 0 saturated carbocycles. The van der Waals surface area contributed by atoms with Crippen LogP contribution in [0, 0.1) is 5.92 Å². The average Bonchev–Trinajstić information content (AvgIpc) is 2.85. The van der Waals surface area contributed by atoms with E-state index in [-0.39, 0.29) is 6.04 Å². The van der Waals surface area contributed by atoms with Crippen LogP contribution in [0.5, 0.6) is 0 Å². The Morgan fingerprint density at radius 1 is 1.47 bits per heavy atom. The molecule has 17 heavy (non-hydrogen) atoms. The van der Waals surface area contributed by atoms with Crippen LogP contribution in [0.2, 0.25) is 0 Å². The molecule has 1 atom stereocenters. The maximum atomic E-state index is 5.84. The monoisotopic (exact) mass is 238 g/mol. The molecule has 1 unspecified atom stereocenters. The highest BCUT2D eigenvalue weighted by Crippen LogP contribution is 2.22. The summed E-state index contributed by atoms with van der Waals surface area (Å²) in [7, 11) is 2.12. The van der Waals surface area contributed by atoms with E-state index in [4.69, 9.17) is 14.9 Å². The average molecular weight is 238 g/mol. The van der Waals surface area contributed by atoms with Crippen LogP contribution in [-0.2, 0) is 4.74 Å². The lowest BCUT2D eigenvalue weighted by molar-refractivity contribution is 0.0493. The highest BCUT2D eigenvalue weighted by Gasteiger charge is 2.22. The van der Waals surface area contributed by atoms with Crippen LogP contribution < -0.4 is 5.73 Å². The maximum absolute atomic E-state index is 5.84. The molecule has 1 aromatic heterocycles. The Hall–Kier alpha value is -0.840. The summed E-state index contributed by atoms with van der Waals surface area (Å²) in [6.45, 7) is 3.44. The quantitative estimate of drug-likeness (QED) is 0.847. The van der Waals surface area contributed by atoms with E-state index >= 15 is 0 Å². The Balaban J connectivity index is 1.90. The second-order valence-electron chi connectivity index (χ2n) is 4.76. The first-order valence-electron chi connectivity index (χ1n) is 6.32. The predicted molar refractivity (Wildman–Crippen MR) is 66.7 cm³/mol. The van der Waals surface area contributed by atoms with Crippen LogP contribution >= 0.6 is 0 Å². The molecule has 0 spiro atoms. The zero-order valence-corrected chi connectivity index (χ0v) is 10.5. The summed E-state index contributed by atoms with van der Waals surface area (Å²) in [4.78, 5) is 2.30. The van der Waals surface area contributed by atoms with E-state index in [1.54, 1.807) is 6.26 Å². The summed E-state index contributed by atoms with van der Waals surface area (Å²) in [5.74, 6) is 1.68. The molecule has 2 heterocycles. The van der Waals surface area contributed by atoms with Gasteiger partial charge in [0.2, 0.25) is 0 Å². The van der Waals surface area contributed by atoms with Gasteiger partial charge in [-0.05, 0) is 37.9 Å². The summed E-state index contributed by atoms with van der Waals surface area (Å²) >= 11 is 0. The number of nitrogens with two attached hydrogens (primary N) is 1. The number of hydrogen-bond donors (Lipinski definition) is 1. The van der Waals surface area contributed by atoms with E-state index in [2.05, 4.69) is 11.9 Å². The van der Waals surface area contributed by atoms with Gasteiger partial charge in [0, 0.05) is 26.3 Å². The van der Waals surface area contributed by atoms with E-state index in [9.17, 15) is 0 Å². The lowest BCUT2D eigenvalue weighted by Gasteiger charge is -2.31. The molecule has 1 aliphatic rings. The van der Waals surface area contributed by atoms with Crippen LogP contribution in [0.15, 0.2) is 22.8 Å². The van der Waals surface area contributed by atoms with Crippen molar-refractivity contribution in [3.05, 3.63) is 24.2 Å². The van der Waals surface area contributed by atoms with Gasteiger partial charge in [0.15, 0.2) is 0 Å². The van der Waals surface area contributed by atoms with Crippen molar-refractivity contribution in [2.75, 3.05) is 33.4 Å². The number of nitrogens with zero attached hydrogens (tertiary/aromatic N) is 1. The first-order valence-corrected chi connectivity index (χ1v) is 6.32. The number of furan rings is 1. The van der Waals surface area contributed by atoms with Gasteiger partial charge in [-0.1, -0.05) is 0 Å². The summed E-state index contributed by atoms with van der Waals surface area (Å²) in [6, 6.07) is 4.10. The molecule has 1 saturated heterocycles. The Morgan fingerprint density at radius 2 is 2.24 bits per heavy atom. The number of likely N-dealkylation sites (N-methyl/N-ethyl adjacent to an activating group) is 1. The molecule has 0 aliphatic carbocycles. The van der Waals surface area contributed by atoms with Crippen molar-refractivity contribution in [3.63, 3.8) is 0 Å². The minimum atomic E-state index is 0.188. The van der Waals surface area contributed by atoms with Crippen LogP contribution in [0.3, 0.4) is 0 Å². The molecular weight excluding hydrogens is 216 g/mol. The maximum Gasteiger partial charge on any atom is 0.122 e. The van der Waals surface area contributed by atoms with E-state index in [0.717, 1.165) is 44.3 Å². The Labute approximate surface area is 103 Å². The largest absolute Gasteiger partial charge is 0.468 e. The fourth-order valence-corrected chi connectivity index (χ4v) is 2.46. The molecule has 0 aromatic carbocycles. The first kappa shape index (κ1) is 12.6. The van der Waals surface area contributed by atoms with Crippen LogP contribution in [0.25, 0.3) is 0 Å². The van der Waals surface area contributed by atoms with E-state index in [1.807, 2.05) is 12.1 Å². The molecule has 2 rings (SSSR count). The normalized spacial score (nSPS) is 19.7. The van der Waals surface area contributed by atoms with Gasteiger partial charge in [-0.25, -0.2) is 0 Å². The lowest BCUT2D eigenvalue weighted by atomic mass is 9.99. The fourth-order valence-electron chi connectivity index (χ4n) is 2.46. The van der Waals surface area contributed by atoms with Crippen molar-refractivity contribution in [1.29, 1.82) is 0 Å². The second-order valence-corrected chi connectivity index (χ2v) is 4.76. The molecule has 4 nitrogen and oxygen atoms in total. The first-order chi connectivity index (χ1) is 8.31. The Morgan fingerprint density at radius 3 is 2.82 bits per heavy atom. The topological polar surface area (TPSA) is 51.6 Å². The third-order valence-electron chi connectivity index (χ3n) is 3.51. The van der Waals surface area contributed by atoms with Gasteiger partial charge in [0.25, 0.3) is 0 Å². The van der Waals surface area contributed by atoms with Gasteiger partial charge in [-0.2, -0.15) is 0 Å². The molecule has 4 heteroatoms. The van der Waals surface area contributed by atoms with E-state index in [0.29, 0.717) is 6.54 Å². The molecule has 0 amide bonds. The summed E-state index contributed by atoms with van der Waals surface area (Å²) in [5, 5.41) is 0. The summed E-state index contributed by atoms with van der Waals surface area (Å²) in [6.07, 6.45) is 4.01. The van der Waals surface area contributed by atoms with Gasteiger partial charge in [0.1, 0.15) is 5.76 Å². The summed E-state index contributed by atoms with van der Waals surface area (Å²) in [5.41, 5.74) is 5.84. The summed E-state index contributed by atoms with van der Waals surface area (Å²) < 4.78 is 10.8. The van der Waals surface area contributed by atoms with Gasteiger partial charge in [0.05, 0.1) is 12.3 Å². The smallest absolute Gasteiger partial charge is 0.122 e. The number of hydrogen-bond acceptors (Lipinski definition) is 4. The molecule has 0 radical (unpaired) electrons. The molecule has 2 N–H and O–H groups in total. The predicted octanol–water partition coefficient (Wildman–Crippen LogP) is 1.64. The molecule has 1 aromatic rings. The molecule has 96 valence electrons. The van der Waals surface area contributed by atoms with Crippen LogP contribution in [0.1, 0.15) is 24.6 Å². The second kappa shape index (κ2) is 6.19. The SMILES string of the molecule is CN(CC1CCOCC1)C(CN)c1ccco1. The van der Waals surface area contributed by atoms with Crippen LogP contribution in [0.4, 0.5) is 0 Å². The molecule has 0 bridgehead atoms. The zero-order valence-electron chi connectivity index (χ0n) is 10.5. The van der Waals surface area contributed by atoms with Gasteiger partial charge < -0.3 is 14.9 Å². The van der Waals surface area contributed by atoms with Crippen molar-refractivity contribution in [1.82, 2.24) is 4.90 Å². The van der Waals surface area contributed by atoms with Gasteiger partial charge >= 0.3 is 0 Å². The molecule has 1 aliphatic heterocycles. The minimum Gasteiger partial charge on any atom is -0.468 e. The fraction of sp³-hybridized carbons (Fsp3) is 0.692. The van der Waals surface area contributed by atoms with E-state index < -0.39 is 0 Å². The van der Waals surface area contributed by atoms with Crippen molar-refractivity contribution in [2.24, 2.45) is 11.7 Å². The Kier molecular flexibility index (Phi) is 4.59. The Bertz CT molecular complexity index is 307. The zero-order chi connectivity index (χ0) is 12.1. The highest BCUT2D eigenvalue weighted by atomic mass is 16.5. The van der Waals surface area contributed by atoms with Crippen molar-refractivity contribution >= 4 is 0 Å². The third-order valence-corrected chi connectivity index (χ3v) is 3.51. The van der Waals surface area contributed by atoms with E-state index in [1.165, 1.54) is 0 Å². The van der Waals surface area contributed by atoms with Crippen molar-refractivity contribution in [3.8, 4) is 0 Å². The minimum absolute atomic E-state index is 0.188. The van der Waals surface area contributed by atoms with Gasteiger partial charge in [-0.3, -0.25) is 4.90 Å². The standard InChI is InChI=1S/C13H22N2O2/c1-15(10-11-4-7-16-8-5-11)12(9-14)13-3-2-6-17-13/h2-3,6,11-12H,4-5,7-10,14H2,1H3. The van der Waals surface area contributed by atoms with Crippen molar-refractivity contribution < 1.29 is 9.15 Å². The molecular formula is C13H22N2O2. The molecule has 1 fully saturated rings. The van der Waals surface area contributed by atoms with Gasteiger partial charge in [-0.15, -0.1) is 0 Å².